The van der Waals surface area contributed by atoms with Crippen LogP contribution in [-0.4, -0.2) is 12.5 Å². The third-order valence-corrected chi connectivity index (χ3v) is 4.52. The molecule has 0 saturated carbocycles. The van der Waals surface area contributed by atoms with Crippen LogP contribution in [0.2, 0.25) is 0 Å². The first-order valence-electron chi connectivity index (χ1n) is 7.82. The molecule has 0 aliphatic rings. The minimum absolute atomic E-state index is 0.0206. The summed E-state index contributed by atoms with van der Waals surface area (Å²) in [5.41, 5.74) is 6.74. The van der Waals surface area contributed by atoms with Crippen molar-refractivity contribution in [1.29, 1.82) is 0 Å². The minimum Gasteiger partial charge on any atom is -0.350 e. The number of carbonyl (C=O) groups is 1. The van der Waals surface area contributed by atoms with Gasteiger partial charge in [0.1, 0.15) is 0 Å². The van der Waals surface area contributed by atoms with E-state index in [1.165, 1.54) is 0 Å². The smallest absolute Gasteiger partial charge is 0.220 e. The normalized spacial score (nSPS) is 13.7. The molecule has 1 amide bonds. The molecule has 1 aromatic rings. The second-order valence-electron chi connectivity index (χ2n) is 5.58. The SMILES string of the molecule is CCCC(CCN)CCC(=O)N[C@H](C)c1ccccc1Br. The number of rotatable bonds is 9. The zero-order chi connectivity index (χ0) is 15.7. The average Bonchev–Trinajstić information content (AvgIpc) is 2.45. The van der Waals surface area contributed by atoms with E-state index in [1.54, 1.807) is 0 Å². The van der Waals surface area contributed by atoms with E-state index >= 15 is 0 Å². The summed E-state index contributed by atoms with van der Waals surface area (Å²) in [7, 11) is 0. The maximum absolute atomic E-state index is 12.1. The van der Waals surface area contributed by atoms with E-state index in [-0.39, 0.29) is 11.9 Å². The molecule has 3 nitrogen and oxygen atoms in total. The fourth-order valence-corrected chi connectivity index (χ4v) is 3.26. The molecule has 2 atom stereocenters. The van der Waals surface area contributed by atoms with Gasteiger partial charge in [-0.15, -0.1) is 0 Å². The lowest BCUT2D eigenvalue weighted by Crippen LogP contribution is -2.27. The molecular formula is C17H27BrN2O. The van der Waals surface area contributed by atoms with Crippen molar-refractivity contribution in [3.63, 3.8) is 0 Å². The zero-order valence-corrected chi connectivity index (χ0v) is 14.7. The summed E-state index contributed by atoms with van der Waals surface area (Å²) in [4.78, 5) is 12.1. The van der Waals surface area contributed by atoms with Crippen LogP contribution in [0.3, 0.4) is 0 Å². The highest BCUT2D eigenvalue weighted by Gasteiger charge is 2.14. The van der Waals surface area contributed by atoms with E-state index in [0.717, 1.165) is 35.7 Å². The molecule has 0 fully saturated rings. The van der Waals surface area contributed by atoms with Crippen LogP contribution < -0.4 is 11.1 Å². The van der Waals surface area contributed by atoms with E-state index in [4.69, 9.17) is 5.73 Å². The van der Waals surface area contributed by atoms with Gasteiger partial charge in [0.05, 0.1) is 6.04 Å². The number of hydrogen-bond acceptors (Lipinski definition) is 2. The van der Waals surface area contributed by atoms with Gasteiger partial charge in [0.2, 0.25) is 5.91 Å². The lowest BCUT2D eigenvalue weighted by Gasteiger charge is -2.18. The fourth-order valence-electron chi connectivity index (χ4n) is 2.63. The number of benzene rings is 1. The monoisotopic (exact) mass is 354 g/mol. The summed E-state index contributed by atoms with van der Waals surface area (Å²) in [6.45, 7) is 4.90. The lowest BCUT2D eigenvalue weighted by molar-refractivity contribution is -0.122. The Morgan fingerprint density at radius 1 is 1.29 bits per heavy atom. The molecular weight excluding hydrogens is 328 g/mol. The van der Waals surface area contributed by atoms with Crippen LogP contribution in [-0.2, 0) is 4.79 Å². The Kier molecular flexibility index (Phi) is 8.62. The molecule has 21 heavy (non-hydrogen) atoms. The maximum Gasteiger partial charge on any atom is 0.220 e. The van der Waals surface area contributed by atoms with E-state index in [0.29, 0.717) is 18.9 Å². The molecule has 0 aromatic heterocycles. The number of amides is 1. The molecule has 0 heterocycles. The van der Waals surface area contributed by atoms with Gasteiger partial charge in [-0.25, -0.2) is 0 Å². The third kappa shape index (κ3) is 6.62. The van der Waals surface area contributed by atoms with E-state index in [2.05, 4.69) is 28.2 Å². The first-order valence-corrected chi connectivity index (χ1v) is 8.61. The Morgan fingerprint density at radius 3 is 2.62 bits per heavy atom. The predicted molar refractivity (Wildman–Crippen MR) is 92.0 cm³/mol. The average molecular weight is 355 g/mol. The number of nitrogens with one attached hydrogen (secondary N) is 1. The first kappa shape index (κ1) is 18.2. The largest absolute Gasteiger partial charge is 0.350 e. The Labute approximate surface area is 136 Å². The van der Waals surface area contributed by atoms with Gasteiger partial charge < -0.3 is 11.1 Å². The van der Waals surface area contributed by atoms with Gasteiger partial charge in [-0.2, -0.15) is 0 Å². The van der Waals surface area contributed by atoms with Crippen LogP contribution in [0.5, 0.6) is 0 Å². The fraction of sp³-hybridized carbons (Fsp3) is 0.588. The summed E-state index contributed by atoms with van der Waals surface area (Å²) >= 11 is 3.52. The summed E-state index contributed by atoms with van der Waals surface area (Å²) in [5.74, 6) is 0.695. The Morgan fingerprint density at radius 2 is 2.00 bits per heavy atom. The molecule has 1 rings (SSSR count). The third-order valence-electron chi connectivity index (χ3n) is 3.80. The van der Waals surface area contributed by atoms with Crippen LogP contribution in [0, 0.1) is 5.92 Å². The first-order chi connectivity index (χ1) is 10.1. The predicted octanol–water partition coefficient (Wildman–Crippen LogP) is 4.17. The Hall–Kier alpha value is -0.870. The van der Waals surface area contributed by atoms with Gasteiger partial charge in [0.15, 0.2) is 0 Å². The van der Waals surface area contributed by atoms with Crippen molar-refractivity contribution in [1.82, 2.24) is 5.32 Å². The summed E-state index contributed by atoms with van der Waals surface area (Å²) < 4.78 is 1.03. The molecule has 1 unspecified atom stereocenters. The van der Waals surface area contributed by atoms with Gasteiger partial charge in [0, 0.05) is 10.9 Å². The van der Waals surface area contributed by atoms with Gasteiger partial charge in [-0.3, -0.25) is 4.79 Å². The molecule has 0 radical (unpaired) electrons. The van der Waals surface area contributed by atoms with Gasteiger partial charge in [-0.05, 0) is 43.9 Å². The van der Waals surface area contributed by atoms with E-state index in [1.807, 2.05) is 31.2 Å². The van der Waals surface area contributed by atoms with Crippen LogP contribution in [0.15, 0.2) is 28.7 Å². The highest BCUT2D eigenvalue weighted by atomic mass is 79.9. The van der Waals surface area contributed by atoms with E-state index in [9.17, 15) is 4.79 Å². The second-order valence-corrected chi connectivity index (χ2v) is 6.44. The zero-order valence-electron chi connectivity index (χ0n) is 13.1. The molecule has 0 saturated heterocycles. The van der Waals surface area contributed by atoms with E-state index < -0.39 is 0 Å². The van der Waals surface area contributed by atoms with Crippen molar-refractivity contribution in [2.75, 3.05) is 6.54 Å². The lowest BCUT2D eigenvalue weighted by atomic mass is 9.94. The number of hydrogen-bond donors (Lipinski definition) is 2. The van der Waals surface area contributed by atoms with Crippen molar-refractivity contribution in [2.45, 2.75) is 52.0 Å². The minimum atomic E-state index is 0.0206. The van der Waals surface area contributed by atoms with Gasteiger partial charge in [0.25, 0.3) is 0 Å². The van der Waals surface area contributed by atoms with Crippen molar-refractivity contribution < 1.29 is 4.79 Å². The van der Waals surface area contributed by atoms with Crippen molar-refractivity contribution in [3.05, 3.63) is 34.3 Å². The molecule has 0 aliphatic carbocycles. The highest BCUT2D eigenvalue weighted by molar-refractivity contribution is 9.10. The molecule has 0 aliphatic heterocycles. The van der Waals surface area contributed by atoms with Crippen LogP contribution in [0.4, 0.5) is 0 Å². The molecule has 0 spiro atoms. The second kappa shape index (κ2) is 9.96. The Bertz CT molecular complexity index is 431. The standard InChI is InChI=1S/C17H27BrN2O/c1-3-6-14(11-12-19)9-10-17(21)20-13(2)15-7-4-5-8-16(15)18/h4-5,7-8,13-14H,3,6,9-12,19H2,1-2H3,(H,20,21)/t13-,14?/m1/s1. The molecule has 118 valence electrons. The molecule has 3 N–H and O–H groups in total. The topological polar surface area (TPSA) is 55.1 Å². The van der Waals surface area contributed by atoms with Crippen LogP contribution in [0.25, 0.3) is 0 Å². The number of carbonyl (C=O) groups excluding carboxylic acids is 1. The van der Waals surface area contributed by atoms with Gasteiger partial charge >= 0.3 is 0 Å². The number of nitrogens with two attached hydrogens (primary N) is 1. The summed E-state index contributed by atoms with van der Waals surface area (Å²) in [6.07, 6.45) is 4.84. The molecule has 0 bridgehead atoms. The Balaban J connectivity index is 2.44. The molecule has 1 aromatic carbocycles. The van der Waals surface area contributed by atoms with Crippen LogP contribution >= 0.6 is 15.9 Å². The van der Waals surface area contributed by atoms with Crippen molar-refractivity contribution in [3.8, 4) is 0 Å². The van der Waals surface area contributed by atoms with Crippen molar-refractivity contribution >= 4 is 21.8 Å². The maximum atomic E-state index is 12.1. The van der Waals surface area contributed by atoms with Gasteiger partial charge in [-0.1, -0.05) is 53.9 Å². The summed E-state index contributed by atoms with van der Waals surface area (Å²) in [5, 5.41) is 3.08. The van der Waals surface area contributed by atoms with Crippen molar-refractivity contribution in [2.24, 2.45) is 11.7 Å². The highest BCUT2D eigenvalue weighted by Crippen LogP contribution is 2.23. The summed E-state index contributed by atoms with van der Waals surface area (Å²) in [6, 6.07) is 8.01. The van der Waals surface area contributed by atoms with Crippen LogP contribution in [0.1, 0.15) is 57.6 Å². The number of halogens is 1. The molecule has 4 heteroatoms. The quantitative estimate of drug-likeness (QED) is 0.698.